The molecule has 0 saturated carbocycles. The van der Waals surface area contributed by atoms with Crippen molar-refractivity contribution in [2.24, 2.45) is 0 Å². The molecule has 0 atom stereocenters. The summed E-state index contributed by atoms with van der Waals surface area (Å²) in [6, 6.07) is 10.5. The van der Waals surface area contributed by atoms with E-state index in [-0.39, 0.29) is 17.1 Å². The van der Waals surface area contributed by atoms with Gasteiger partial charge in [-0.2, -0.15) is 0 Å². The molecular formula is C16H13ClO5. The van der Waals surface area contributed by atoms with Crippen LogP contribution in [0.1, 0.15) is 20.7 Å². The summed E-state index contributed by atoms with van der Waals surface area (Å²) >= 11 is 5.68. The first-order chi connectivity index (χ1) is 10.5. The minimum absolute atomic E-state index is 0.0529. The summed E-state index contributed by atoms with van der Waals surface area (Å²) in [5.41, 5.74) is 0.315. The van der Waals surface area contributed by atoms with E-state index in [1.807, 2.05) is 0 Å². The lowest BCUT2D eigenvalue weighted by molar-refractivity contribution is 0.0472. The van der Waals surface area contributed by atoms with Gasteiger partial charge >= 0.3 is 5.97 Å². The van der Waals surface area contributed by atoms with Crippen LogP contribution in [0.5, 0.6) is 11.5 Å². The first kappa shape index (κ1) is 15.9. The van der Waals surface area contributed by atoms with Gasteiger partial charge in [0.2, 0.25) is 0 Å². The van der Waals surface area contributed by atoms with Gasteiger partial charge in [0.05, 0.1) is 7.11 Å². The van der Waals surface area contributed by atoms with Gasteiger partial charge in [-0.25, -0.2) is 4.79 Å². The number of methoxy groups -OCH3 is 1. The second kappa shape index (κ2) is 6.95. The number of benzene rings is 2. The number of phenols is 1. The predicted octanol–water partition coefficient (Wildman–Crippen LogP) is 3.09. The highest BCUT2D eigenvalue weighted by Crippen LogP contribution is 2.22. The highest BCUT2D eigenvalue weighted by molar-refractivity contribution is 6.30. The maximum Gasteiger partial charge on any atom is 0.342 e. The SMILES string of the molecule is COc1cccc(C(=O)COC(=O)c2ccc(Cl)cc2O)c1. The van der Waals surface area contributed by atoms with Crippen LogP contribution in [0.2, 0.25) is 5.02 Å². The number of rotatable bonds is 5. The molecule has 0 amide bonds. The summed E-state index contributed by atoms with van der Waals surface area (Å²) in [7, 11) is 1.49. The van der Waals surface area contributed by atoms with Crippen molar-refractivity contribution < 1.29 is 24.2 Å². The van der Waals surface area contributed by atoms with Crippen molar-refractivity contribution in [1.82, 2.24) is 0 Å². The standard InChI is InChI=1S/C16H13ClO5/c1-21-12-4-2-3-10(7-12)15(19)9-22-16(20)13-6-5-11(17)8-14(13)18/h2-8,18H,9H2,1H3. The van der Waals surface area contributed by atoms with Crippen molar-refractivity contribution in [2.45, 2.75) is 0 Å². The highest BCUT2D eigenvalue weighted by atomic mass is 35.5. The summed E-state index contributed by atoms with van der Waals surface area (Å²) in [5, 5.41) is 9.92. The Morgan fingerprint density at radius 3 is 2.64 bits per heavy atom. The zero-order chi connectivity index (χ0) is 16.1. The molecule has 114 valence electrons. The lowest BCUT2D eigenvalue weighted by atomic mass is 10.1. The van der Waals surface area contributed by atoms with Crippen molar-refractivity contribution in [3.05, 3.63) is 58.6 Å². The van der Waals surface area contributed by atoms with Crippen molar-refractivity contribution in [3.8, 4) is 11.5 Å². The zero-order valence-electron chi connectivity index (χ0n) is 11.7. The Kier molecular flexibility index (Phi) is 5.01. The number of aromatic hydroxyl groups is 1. The number of carbonyl (C=O) groups is 2. The summed E-state index contributed by atoms with van der Waals surface area (Å²) in [5.74, 6) is -0.940. The van der Waals surface area contributed by atoms with E-state index in [1.165, 1.54) is 25.3 Å². The fourth-order valence-electron chi connectivity index (χ4n) is 1.77. The van der Waals surface area contributed by atoms with E-state index in [9.17, 15) is 14.7 Å². The number of esters is 1. The monoisotopic (exact) mass is 320 g/mol. The molecule has 6 heteroatoms. The van der Waals surface area contributed by atoms with Crippen LogP contribution in [-0.4, -0.2) is 30.6 Å². The Hall–Kier alpha value is -2.53. The fraction of sp³-hybridized carbons (Fsp3) is 0.125. The lowest BCUT2D eigenvalue weighted by Crippen LogP contribution is -2.14. The summed E-state index contributed by atoms with van der Waals surface area (Å²) in [6.45, 7) is -0.436. The Balaban J connectivity index is 2.02. The van der Waals surface area contributed by atoms with Crippen molar-refractivity contribution in [2.75, 3.05) is 13.7 Å². The largest absolute Gasteiger partial charge is 0.507 e. The molecule has 5 nitrogen and oxygen atoms in total. The third kappa shape index (κ3) is 3.77. The molecule has 0 saturated heterocycles. The molecule has 0 radical (unpaired) electrons. The van der Waals surface area contributed by atoms with E-state index in [1.54, 1.807) is 24.3 Å². The number of ether oxygens (including phenoxy) is 2. The van der Waals surface area contributed by atoms with Gasteiger partial charge in [0.15, 0.2) is 12.4 Å². The Bertz CT molecular complexity index is 711. The minimum atomic E-state index is -0.801. The quantitative estimate of drug-likeness (QED) is 0.677. The number of ketones is 1. The van der Waals surface area contributed by atoms with Crippen molar-refractivity contribution in [1.29, 1.82) is 0 Å². The molecule has 0 heterocycles. The average molecular weight is 321 g/mol. The first-order valence-electron chi connectivity index (χ1n) is 6.34. The summed E-state index contributed by atoms with van der Waals surface area (Å²) in [6.07, 6.45) is 0. The molecule has 2 aromatic carbocycles. The number of halogens is 1. The van der Waals surface area contributed by atoms with E-state index >= 15 is 0 Å². The topological polar surface area (TPSA) is 72.8 Å². The maximum atomic E-state index is 12.0. The second-order valence-corrected chi connectivity index (χ2v) is 4.83. The first-order valence-corrected chi connectivity index (χ1v) is 6.72. The van der Waals surface area contributed by atoms with Gasteiger partial charge in [0.25, 0.3) is 0 Å². The van der Waals surface area contributed by atoms with Gasteiger partial charge in [-0.3, -0.25) is 4.79 Å². The molecule has 0 aliphatic carbocycles. The van der Waals surface area contributed by atoms with Crippen LogP contribution < -0.4 is 4.74 Å². The van der Waals surface area contributed by atoms with Crippen LogP contribution in [-0.2, 0) is 4.74 Å². The van der Waals surface area contributed by atoms with Crippen LogP contribution >= 0.6 is 11.6 Å². The molecule has 0 aromatic heterocycles. The molecule has 0 spiro atoms. The number of Topliss-reactive ketones (excluding diaryl/α,β-unsaturated/α-hetero) is 1. The highest BCUT2D eigenvalue weighted by Gasteiger charge is 2.15. The van der Waals surface area contributed by atoms with Gasteiger partial charge < -0.3 is 14.6 Å². The zero-order valence-corrected chi connectivity index (χ0v) is 12.5. The average Bonchev–Trinajstić information content (AvgIpc) is 2.52. The van der Waals surface area contributed by atoms with Crippen molar-refractivity contribution >= 4 is 23.4 Å². The van der Waals surface area contributed by atoms with Crippen LogP contribution in [0.3, 0.4) is 0 Å². The van der Waals surface area contributed by atoms with Gasteiger partial charge in [-0.05, 0) is 30.3 Å². The molecule has 0 aliphatic heterocycles. The maximum absolute atomic E-state index is 12.0. The molecule has 0 aliphatic rings. The van der Waals surface area contributed by atoms with Gasteiger partial charge in [0, 0.05) is 10.6 Å². The van der Waals surface area contributed by atoms with Gasteiger partial charge in [0.1, 0.15) is 17.1 Å². The number of hydrogen-bond donors (Lipinski definition) is 1. The van der Waals surface area contributed by atoms with Gasteiger partial charge in [-0.1, -0.05) is 23.7 Å². The van der Waals surface area contributed by atoms with Gasteiger partial charge in [-0.15, -0.1) is 0 Å². The number of phenolic OH excluding ortho intramolecular Hbond substituents is 1. The van der Waals surface area contributed by atoms with E-state index in [0.29, 0.717) is 16.3 Å². The predicted molar refractivity (Wildman–Crippen MR) is 80.7 cm³/mol. The molecule has 0 bridgehead atoms. The molecule has 0 unspecified atom stereocenters. The third-order valence-electron chi connectivity index (χ3n) is 2.91. The summed E-state index contributed by atoms with van der Waals surface area (Å²) in [4.78, 5) is 23.8. The lowest BCUT2D eigenvalue weighted by Gasteiger charge is -2.07. The van der Waals surface area contributed by atoms with Crippen LogP contribution in [0.15, 0.2) is 42.5 Å². The van der Waals surface area contributed by atoms with E-state index in [4.69, 9.17) is 21.1 Å². The van der Waals surface area contributed by atoms with E-state index in [2.05, 4.69) is 0 Å². The number of hydrogen-bond acceptors (Lipinski definition) is 5. The number of carbonyl (C=O) groups excluding carboxylic acids is 2. The Morgan fingerprint density at radius 2 is 1.95 bits per heavy atom. The minimum Gasteiger partial charge on any atom is -0.507 e. The van der Waals surface area contributed by atoms with Crippen molar-refractivity contribution in [3.63, 3.8) is 0 Å². The van der Waals surface area contributed by atoms with E-state index < -0.39 is 12.6 Å². The summed E-state index contributed by atoms with van der Waals surface area (Å²) < 4.78 is 9.93. The Morgan fingerprint density at radius 1 is 1.18 bits per heavy atom. The normalized spacial score (nSPS) is 10.1. The molecule has 1 N–H and O–H groups in total. The third-order valence-corrected chi connectivity index (χ3v) is 3.14. The smallest absolute Gasteiger partial charge is 0.342 e. The molecule has 2 rings (SSSR count). The molecule has 22 heavy (non-hydrogen) atoms. The molecule has 2 aromatic rings. The van der Waals surface area contributed by atoms with Crippen LogP contribution in [0.4, 0.5) is 0 Å². The van der Waals surface area contributed by atoms with E-state index in [0.717, 1.165) is 0 Å². The second-order valence-electron chi connectivity index (χ2n) is 4.39. The fourth-order valence-corrected chi connectivity index (χ4v) is 1.93. The molecule has 0 fully saturated rings. The molecular weight excluding hydrogens is 308 g/mol. The van der Waals surface area contributed by atoms with Crippen LogP contribution in [0, 0.1) is 0 Å². The van der Waals surface area contributed by atoms with Crippen LogP contribution in [0.25, 0.3) is 0 Å². The Labute approximate surface area is 132 Å².